The average molecular weight is 498 g/mol. The molecule has 1 heterocycles. The van der Waals surface area contributed by atoms with E-state index in [4.69, 9.17) is 0 Å². The second-order valence-corrected chi connectivity index (χ2v) is 10.5. The molecule has 0 radical (unpaired) electrons. The fourth-order valence-electron chi connectivity index (χ4n) is 4.52. The van der Waals surface area contributed by atoms with Crippen LogP contribution in [0.2, 0.25) is 0 Å². The lowest BCUT2D eigenvalue weighted by Crippen LogP contribution is -2.25. The summed E-state index contributed by atoms with van der Waals surface area (Å²) in [5.74, 6) is -0.106. The van der Waals surface area contributed by atoms with Crippen LogP contribution >= 0.6 is 0 Å². The normalized spacial score (nSPS) is 11.6. The maximum absolute atomic E-state index is 12.9. The van der Waals surface area contributed by atoms with E-state index in [1.165, 1.54) is 11.1 Å². The zero-order chi connectivity index (χ0) is 26.6. The first kappa shape index (κ1) is 26.1. The van der Waals surface area contributed by atoms with Gasteiger partial charge in [-0.1, -0.05) is 81.4 Å². The topological polar surface area (TPSA) is 77.1 Å². The van der Waals surface area contributed by atoms with Gasteiger partial charge in [0.1, 0.15) is 5.82 Å². The number of hydrogen-bond acceptors (Lipinski definition) is 3. The van der Waals surface area contributed by atoms with E-state index in [2.05, 4.69) is 62.3 Å². The van der Waals surface area contributed by atoms with Crippen molar-refractivity contribution in [2.75, 3.05) is 0 Å². The number of carboxylic acids is 1. The number of carbonyl (C=O) groups is 1. The first-order chi connectivity index (χ1) is 17.7. The highest BCUT2D eigenvalue weighted by molar-refractivity contribution is 5.89. The summed E-state index contributed by atoms with van der Waals surface area (Å²) in [7, 11) is 0. The maximum atomic E-state index is 12.9. The van der Waals surface area contributed by atoms with Crippen LogP contribution in [0.1, 0.15) is 67.0 Å². The summed E-state index contributed by atoms with van der Waals surface area (Å²) < 4.78 is 3.34. The highest BCUT2D eigenvalue weighted by Gasteiger charge is 2.15. The lowest BCUT2D eigenvalue weighted by atomic mass is 9.87. The van der Waals surface area contributed by atoms with Gasteiger partial charge in [0.2, 0.25) is 0 Å². The molecule has 0 fully saturated rings. The molecule has 0 spiro atoms. The number of benzene rings is 3. The third-order valence-electron chi connectivity index (χ3n) is 6.73. The van der Waals surface area contributed by atoms with Crippen molar-refractivity contribution in [1.29, 1.82) is 0 Å². The molecule has 0 aliphatic heterocycles. The molecule has 4 rings (SSSR count). The second kappa shape index (κ2) is 11.0. The number of aromatic nitrogens is 3. The third-order valence-corrected chi connectivity index (χ3v) is 6.73. The average Bonchev–Trinajstić information content (AvgIpc) is 3.18. The highest BCUT2D eigenvalue weighted by Crippen LogP contribution is 2.23. The van der Waals surface area contributed by atoms with Crippen LogP contribution < -0.4 is 5.69 Å². The van der Waals surface area contributed by atoms with Gasteiger partial charge in [0, 0.05) is 13.0 Å². The van der Waals surface area contributed by atoms with E-state index in [0.29, 0.717) is 13.1 Å². The fraction of sp³-hybridized carbons (Fsp3) is 0.323. The lowest BCUT2D eigenvalue weighted by Gasteiger charge is -2.19. The summed E-state index contributed by atoms with van der Waals surface area (Å²) in [6, 6.07) is 23.6. The van der Waals surface area contributed by atoms with Gasteiger partial charge in [0.05, 0.1) is 12.1 Å². The van der Waals surface area contributed by atoms with Gasteiger partial charge < -0.3 is 5.11 Å². The van der Waals surface area contributed by atoms with E-state index >= 15 is 0 Å². The van der Waals surface area contributed by atoms with Crippen molar-refractivity contribution in [2.24, 2.45) is 0 Å². The molecule has 3 aromatic carbocycles. The standard InChI is InChI=1S/C31H35N3O3/c1-5-33-28(32-34(30(33)37)21-23-14-18-27(19-15-23)31(2,3)4)11-6-8-22-12-16-24(17-13-22)25-9-7-10-26(20-25)29(35)36/h7,9-10,12-20H,5-6,8,11,21H2,1-4H3,(H,35,36). The predicted octanol–water partition coefficient (Wildman–Crippen LogP) is 5.95. The SMILES string of the molecule is CCn1c(CCCc2ccc(-c3cccc(C(=O)O)c3)cc2)nn(Cc2ccc(C(C)(C)C)cc2)c1=O. The van der Waals surface area contributed by atoms with Crippen LogP contribution in [-0.4, -0.2) is 25.4 Å². The smallest absolute Gasteiger partial charge is 0.346 e. The quantitative estimate of drug-likeness (QED) is 0.310. The van der Waals surface area contributed by atoms with Crippen molar-refractivity contribution in [3.8, 4) is 11.1 Å². The molecule has 0 aliphatic rings. The number of aromatic carboxylic acids is 1. The van der Waals surface area contributed by atoms with Crippen molar-refractivity contribution in [1.82, 2.24) is 14.3 Å². The van der Waals surface area contributed by atoms with Gasteiger partial charge in [-0.15, -0.1) is 0 Å². The third kappa shape index (κ3) is 6.26. The molecule has 0 saturated carbocycles. The summed E-state index contributed by atoms with van der Waals surface area (Å²) in [6.07, 6.45) is 2.47. The Morgan fingerprint density at radius 2 is 1.57 bits per heavy atom. The van der Waals surface area contributed by atoms with E-state index < -0.39 is 5.97 Å². The molecule has 37 heavy (non-hydrogen) atoms. The second-order valence-electron chi connectivity index (χ2n) is 10.5. The molecule has 1 aromatic heterocycles. The fourth-order valence-corrected chi connectivity index (χ4v) is 4.52. The van der Waals surface area contributed by atoms with E-state index in [0.717, 1.165) is 41.8 Å². The van der Waals surface area contributed by atoms with Gasteiger partial charge in [0.15, 0.2) is 0 Å². The minimum Gasteiger partial charge on any atom is -0.478 e. The van der Waals surface area contributed by atoms with Crippen molar-refractivity contribution in [3.63, 3.8) is 0 Å². The summed E-state index contributed by atoms with van der Waals surface area (Å²) >= 11 is 0. The van der Waals surface area contributed by atoms with Gasteiger partial charge in [-0.3, -0.25) is 4.57 Å². The van der Waals surface area contributed by atoms with E-state index in [1.807, 2.05) is 25.1 Å². The first-order valence-corrected chi connectivity index (χ1v) is 12.8. The monoisotopic (exact) mass is 497 g/mol. The Hall–Kier alpha value is -3.93. The molecule has 1 N–H and O–H groups in total. The van der Waals surface area contributed by atoms with Crippen molar-refractivity contribution >= 4 is 5.97 Å². The zero-order valence-corrected chi connectivity index (χ0v) is 22.1. The summed E-state index contributed by atoms with van der Waals surface area (Å²) in [5, 5.41) is 13.9. The molecule has 6 heteroatoms. The van der Waals surface area contributed by atoms with Crippen LogP contribution in [0.4, 0.5) is 0 Å². The number of rotatable bonds is 9. The van der Waals surface area contributed by atoms with Gasteiger partial charge >= 0.3 is 11.7 Å². The van der Waals surface area contributed by atoms with E-state index in [1.54, 1.807) is 27.4 Å². The van der Waals surface area contributed by atoms with E-state index in [-0.39, 0.29) is 16.7 Å². The lowest BCUT2D eigenvalue weighted by molar-refractivity contribution is 0.0697. The Kier molecular flexibility index (Phi) is 7.77. The Morgan fingerprint density at radius 1 is 0.892 bits per heavy atom. The molecule has 0 amide bonds. The number of nitrogens with zero attached hydrogens (tertiary/aromatic N) is 3. The molecule has 0 unspecified atom stereocenters. The molecule has 0 saturated heterocycles. The highest BCUT2D eigenvalue weighted by atomic mass is 16.4. The molecule has 0 aliphatic carbocycles. The van der Waals surface area contributed by atoms with Gasteiger partial charge in [-0.25, -0.2) is 14.3 Å². The Bertz CT molecular complexity index is 1420. The Balaban J connectivity index is 1.40. The van der Waals surface area contributed by atoms with Crippen LogP contribution in [0.5, 0.6) is 0 Å². The van der Waals surface area contributed by atoms with Crippen LogP contribution in [0.15, 0.2) is 77.6 Å². The minimum absolute atomic E-state index is 0.0645. The van der Waals surface area contributed by atoms with Crippen molar-refractivity contribution < 1.29 is 9.90 Å². The van der Waals surface area contributed by atoms with Crippen LogP contribution in [0, 0.1) is 0 Å². The molecular weight excluding hydrogens is 462 g/mol. The Morgan fingerprint density at radius 3 is 2.19 bits per heavy atom. The van der Waals surface area contributed by atoms with Crippen LogP contribution in [0.3, 0.4) is 0 Å². The number of aryl methyl sites for hydroxylation is 2. The van der Waals surface area contributed by atoms with Gasteiger partial charge in [-0.05, 0) is 65.1 Å². The van der Waals surface area contributed by atoms with E-state index in [9.17, 15) is 14.7 Å². The maximum Gasteiger partial charge on any atom is 0.346 e. The van der Waals surface area contributed by atoms with Crippen LogP contribution in [-0.2, 0) is 31.3 Å². The molecular formula is C31H35N3O3. The van der Waals surface area contributed by atoms with Crippen LogP contribution in [0.25, 0.3) is 11.1 Å². The van der Waals surface area contributed by atoms with Crippen molar-refractivity contribution in [2.45, 2.75) is 65.5 Å². The van der Waals surface area contributed by atoms with Gasteiger partial charge in [-0.2, -0.15) is 5.10 Å². The Labute approximate surface area is 218 Å². The molecule has 6 nitrogen and oxygen atoms in total. The first-order valence-electron chi connectivity index (χ1n) is 12.8. The summed E-state index contributed by atoms with van der Waals surface area (Å²) in [5.41, 5.74) is 5.72. The number of hydrogen-bond donors (Lipinski definition) is 1. The molecule has 0 atom stereocenters. The molecule has 4 aromatic rings. The summed E-state index contributed by atoms with van der Waals surface area (Å²) in [6.45, 7) is 9.62. The minimum atomic E-state index is -0.926. The zero-order valence-electron chi connectivity index (χ0n) is 22.1. The van der Waals surface area contributed by atoms with Crippen molar-refractivity contribution in [3.05, 3.63) is 111 Å². The predicted molar refractivity (Wildman–Crippen MR) is 147 cm³/mol. The number of carboxylic acid groups (broad SMARTS) is 1. The summed E-state index contributed by atoms with van der Waals surface area (Å²) in [4.78, 5) is 24.2. The molecule has 192 valence electrons. The molecule has 0 bridgehead atoms. The van der Waals surface area contributed by atoms with Gasteiger partial charge in [0.25, 0.3) is 0 Å². The largest absolute Gasteiger partial charge is 0.478 e.